The smallest absolute Gasteiger partial charge is 0.356 e. The van der Waals surface area contributed by atoms with E-state index in [-0.39, 0.29) is 11.4 Å². The molecular formula is C18H20N2O6. The molecule has 1 saturated carbocycles. The van der Waals surface area contributed by atoms with E-state index < -0.39 is 35.1 Å². The van der Waals surface area contributed by atoms with E-state index in [1.165, 1.54) is 14.2 Å². The normalized spacial score (nSPS) is 20.5. The molecule has 1 aromatic heterocycles. The fourth-order valence-corrected chi connectivity index (χ4v) is 3.48. The molecule has 1 aliphatic carbocycles. The van der Waals surface area contributed by atoms with Gasteiger partial charge in [0.15, 0.2) is 0 Å². The Balaban J connectivity index is 2.00. The van der Waals surface area contributed by atoms with E-state index >= 15 is 0 Å². The van der Waals surface area contributed by atoms with Crippen LogP contribution in [0.1, 0.15) is 24.3 Å². The second kappa shape index (κ2) is 6.05. The minimum atomic E-state index is -1.01. The molecular weight excluding hydrogens is 340 g/mol. The minimum absolute atomic E-state index is 0.0921. The molecule has 1 fully saturated rings. The maximum absolute atomic E-state index is 12.7. The van der Waals surface area contributed by atoms with Gasteiger partial charge in [0.1, 0.15) is 11.4 Å². The molecule has 0 aliphatic heterocycles. The highest BCUT2D eigenvalue weighted by Gasteiger charge is 2.66. The summed E-state index contributed by atoms with van der Waals surface area (Å²) in [5, 5.41) is 12.6. The molecule has 0 saturated heterocycles. The first-order valence-corrected chi connectivity index (χ1v) is 8.04. The summed E-state index contributed by atoms with van der Waals surface area (Å²) in [7, 11) is 2.76. The van der Waals surface area contributed by atoms with Crippen LogP contribution in [0.4, 0.5) is 5.69 Å². The lowest BCUT2D eigenvalue weighted by molar-refractivity contribution is -0.140. The van der Waals surface area contributed by atoms with Crippen molar-refractivity contribution >= 4 is 34.4 Å². The predicted molar refractivity (Wildman–Crippen MR) is 93.2 cm³/mol. The van der Waals surface area contributed by atoms with Gasteiger partial charge in [-0.1, -0.05) is 13.8 Å². The third kappa shape index (κ3) is 2.67. The number of aromatic nitrogens is 1. The number of carboxylic acids is 1. The Kier molecular flexibility index (Phi) is 4.14. The Morgan fingerprint density at radius 3 is 2.42 bits per heavy atom. The second-order valence-corrected chi connectivity index (χ2v) is 6.88. The molecule has 26 heavy (non-hydrogen) atoms. The number of esters is 1. The zero-order chi connectivity index (χ0) is 19.2. The quantitative estimate of drug-likeness (QED) is 0.704. The Morgan fingerprint density at radius 1 is 1.19 bits per heavy atom. The Morgan fingerprint density at radius 2 is 1.88 bits per heavy atom. The van der Waals surface area contributed by atoms with Crippen LogP contribution in [0, 0.1) is 17.3 Å². The molecule has 2 atom stereocenters. The van der Waals surface area contributed by atoms with Gasteiger partial charge in [-0.2, -0.15) is 0 Å². The average molecular weight is 360 g/mol. The lowest BCUT2D eigenvalue weighted by atomic mass is 10.1. The zero-order valence-corrected chi connectivity index (χ0v) is 14.9. The number of aliphatic carboxylic acids is 1. The number of rotatable bonds is 5. The number of hydrogen-bond acceptors (Lipinski definition) is 5. The summed E-state index contributed by atoms with van der Waals surface area (Å²) in [5.41, 5.74) is 0.308. The van der Waals surface area contributed by atoms with Crippen molar-refractivity contribution in [2.75, 3.05) is 19.5 Å². The van der Waals surface area contributed by atoms with Crippen LogP contribution in [0.2, 0.25) is 0 Å². The van der Waals surface area contributed by atoms with Gasteiger partial charge in [0.05, 0.1) is 37.3 Å². The van der Waals surface area contributed by atoms with Crippen molar-refractivity contribution in [3.05, 3.63) is 23.9 Å². The first-order valence-electron chi connectivity index (χ1n) is 8.04. The van der Waals surface area contributed by atoms with Crippen molar-refractivity contribution in [1.82, 2.24) is 4.98 Å². The molecule has 8 heteroatoms. The molecule has 2 aromatic rings. The van der Waals surface area contributed by atoms with E-state index in [0.717, 1.165) is 0 Å². The van der Waals surface area contributed by atoms with E-state index in [1.807, 2.05) is 0 Å². The van der Waals surface area contributed by atoms with Gasteiger partial charge in [0.25, 0.3) is 0 Å². The molecule has 1 heterocycles. The fraction of sp³-hybridized carbons (Fsp3) is 0.389. The van der Waals surface area contributed by atoms with Crippen molar-refractivity contribution in [2.45, 2.75) is 13.8 Å². The summed E-state index contributed by atoms with van der Waals surface area (Å²) < 4.78 is 9.94. The highest BCUT2D eigenvalue weighted by atomic mass is 16.5. The molecule has 0 spiro atoms. The number of nitrogens with one attached hydrogen (secondary N) is 2. The molecule has 1 aromatic carbocycles. The number of methoxy groups -OCH3 is 2. The first-order chi connectivity index (χ1) is 12.2. The second-order valence-electron chi connectivity index (χ2n) is 6.88. The summed E-state index contributed by atoms with van der Waals surface area (Å²) in [4.78, 5) is 39.0. The van der Waals surface area contributed by atoms with E-state index in [0.29, 0.717) is 16.7 Å². The van der Waals surface area contributed by atoms with Gasteiger partial charge in [0, 0.05) is 11.5 Å². The number of anilines is 1. The van der Waals surface area contributed by atoms with Crippen molar-refractivity contribution in [3.8, 4) is 5.75 Å². The van der Waals surface area contributed by atoms with Gasteiger partial charge >= 0.3 is 11.9 Å². The van der Waals surface area contributed by atoms with Crippen molar-refractivity contribution in [3.63, 3.8) is 0 Å². The maximum Gasteiger partial charge on any atom is 0.356 e. The summed E-state index contributed by atoms with van der Waals surface area (Å²) in [6, 6.07) is 5.10. The summed E-state index contributed by atoms with van der Waals surface area (Å²) in [6.07, 6.45) is 0. The van der Waals surface area contributed by atoms with Gasteiger partial charge in [-0.3, -0.25) is 9.59 Å². The molecule has 3 rings (SSSR count). The number of carbonyl (C=O) groups is 3. The van der Waals surface area contributed by atoms with Crippen LogP contribution >= 0.6 is 0 Å². The van der Waals surface area contributed by atoms with Gasteiger partial charge in [-0.25, -0.2) is 4.79 Å². The Hall–Kier alpha value is -3.03. The number of H-pyrrole nitrogens is 1. The van der Waals surface area contributed by atoms with E-state index in [9.17, 15) is 19.5 Å². The van der Waals surface area contributed by atoms with Crippen LogP contribution in [0.15, 0.2) is 18.2 Å². The highest BCUT2D eigenvalue weighted by Crippen LogP contribution is 2.58. The van der Waals surface area contributed by atoms with Gasteiger partial charge in [0.2, 0.25) is 5.91 Å². The number of carbonyl (C=O) groups excluding carboxylic acids is 2. The topological polar surface area (TPSA) is 118 Å². The number of amides is 1. The van der Waals surface area contributed by atoms with Gasteiger partial charge in [-0.05, 0) is 17.5 Å². The van der Waals surface area contributed by atoms with Crippen LogP contribution in [-0.4, -0.2) is 42.2 Å². The largest absolute Gasteiger partial charge is 0.497 e. The number of fused-ring (bicyclic) bond motifs is 1. The van der Waals surface area contributed by atoms with Gasteiger partial charge < -0.3 is 24.9 Å². The summed E-state index contributed by atoms with van der Waals surface area (Å²) in [6.45, 7) is 3.47. The molecule has 1 aliphatic rings. The molecule has 0 unspecified atom stereocenters. The number of ether oxygens (including phenoxy) is 2. The van der Waals surface area contributed by atoms with Crippen LogP contribution in [0.5, 0.6) is 5.75 Å². The van der Waals surface area contributed by atoms with Gasteiger partial charge in [-0.15, -0.1) is 0 Å². The zero-order valence-electron chi connectivity index (χ0n) is 14.9. The van der Waals surface area contributed by atoms with Crippen molar-refractivity contribution in [1.29, 1.82) is 0 Å². The number of carboxylic acid groups (broad SMARTS) is 1. The molecule has 138 valence electrons. The van der Waals surface area contributed by atoms with E-state index in [2.05, 4.69) is 10.3 Å². The summed E-state index contributed by atoms with van der Waals surface area (Å²) in [5.74, 6) is -2.93. The SMILES string of the molecule is COC(=O)c1[nH]c2cc(OC)ccc2c1NC(=O)[C@@H]1[C@@H](C(=O)O)C1(C)C. The number of aromatic amines is 1. The lowest BCUT2D eigenvalue weighted by Gasteiger charge is -2.07. The average Bonchev–Trinajstić information content (AvgIpc) is 3.02. The highest BCUT2D eigenvalue weighted by molar-refractivity contribution is 6.12. The van der Waals surface area contributed by atoms with Crippen LogP contribution in [0.3, 0.4) is 0 Å². The molecule has 1 amide bonds. The molecule has 8 nitrogen and oxygen atoms in total. The first kappa shape index (κ1) is 17.8. The summed E-state index contributed by atoms with van der Waals surface area (Å²) >= 11 is 0. The Bertz CT molecular complexity index is 914. The molecule has 0 radical (unpaired) electrons. The van der Waals surface area contributed by atoms with Crippen LogP contribution in [0.25, 0.3) is 10.9 Å². The number of benzene rings is 1. The third-order valence-electron chi connectivity index (χ3n) is 5.02. The standard InChI is InChI=1S/C18H20N2O6/c1-18(2)11(12(18)16(22)23)15(21)20-13-9-6-5-8(25-3)7-10(9)19-14(13)17(24)26-4/h5-7,11-12,19H,1-4H3,(H,20,21)(H,22,23)/t11-,12-/m0/s1. The van der Waals surface area contributed by atoms with E-state index in [1.54, 1.807) is 32.0 Å². The minimum Gasteiger partial charge on any atom is -0.497 e. The van der Waals surface area contributed by atoms with E-state index in [4.69, 9.17) is 9.47 Å². The fourth-order valence-electron chi connectivity index (χ4n) is 3.48. The van der Waals surface area contributed by atoms with Crippen molar-refractivity contribution in [2.24, 2.45) is 17.3 Å². The van der Waals surface area contributed by atoms with Crippen LogP contribution < -0.4 is 10.1 Å². The maximum atomic E-state index is 12.7. The number of hydrogen-bond donors (Lipinski definition) is 3. The predicted octanol–water partition coefficient (Wildman–Crippen LogP) is 2.26. The third-order valence-corrected chi connectivity index (χ3v) is 5.02. The van der Waals surface area contributed by atoms with Crippen LogP contribution in [-0.2, 0) is 14.3 Å². The monoisotopic (exact) mass is 360 g/mol. The lowest BCUT2D eigenvalue weighted by Crippen LogP contribution is -2.19. The molecule has 3 N–H and O–H groups in total. The molecule has 0 bridgehead atoms. The Labute approximate surface area is 149 Å². The van der Waals surface area contributed by atoms with Crippen molar-refractivity contribution < 1.29 is 29.0 Å².